The predicted octanol–water partition coefficient (Wildman–Crippen LogP) is 4.33. The van der Waals surface area contributed by atoms with Crippen LogP contribution in [0, 0.1) is 11.3 Å². The molecule has 2 N–H and O–H groups in total. The molecule has 2 atom stereocenters. The number of hydrogen-bond acceptors (Lipinski definition) is 2. The van der Waals surface area contributed by atoms with Crippen molar-refractivity contribution in [1.29, 1.82) is 0 Å². The highest BCUT2D eigenvalue weighted by molar-refractivity contribution is 5.55. The van der Waals surface area contributed by atoms with E-state index < -0.39 is 17.1 Å². The van der Waals surface area contributed by atoms with Crippen LogP contribution < -0.4 is 0 Å². The van der Waals surface area contributed by atoms with Crippen LogP contribution in [0.4, 0.5) is 0 Å². The molecule has 0 radical (unpaired) electrons. The van der Waals surface area contributed by atoms with E-state index in [1.807, 2.05) is 27.7 Å². The van der Waals surface area contributed by atoms with Gasteiger partial charge in [-0.25, -0.2) is 0 Å². The molecule has 0 unspecified atom stereocenters. The number of fused-ring (bicyclic) bond motifs is 1. The lowest BCUT2D eigenvalue weighted by molar-refractivity contribution is -0.199. The summed E-state index contributed by atoms with van der Waals surface area (Å²) in [7, 11) is 0. The molecule has 2 nitrogen and oxygen atoms in total. The molecule has 0 spiro atoms. The molecule has 0 aromatic heterocycles. The van der Waals surface area contributed by atoms with Crippen molar-refractivity contribution in [2.45, 2.75) is 78.4 Å². The van der Waals surface area contributed by atoms with Gasteiger partial charge in [0.15, 0.2) is 0 Å². The third-order valence-electron chi connectivity index (χ3n) is 5.98. The van der Waals surface area contributed by atoms with Gasteiger partial charge >= 0.3 is 0 Å². The molecular weight excluding hydrogens is 272 g/mol. The van der Waals surface area contributed by atoms with Crippen molar-refractivity contribution >= 4 is 0 Å². The third kappa shape index (κ3) is 2.00. The second-order valence-corrected chi connectivity index (χ2v) is 8.71. The lowest BCUT2D eigenvalue weighted by Gasteiger charge is -2.63. The Morgan fingerprint density at radius 2 is 1.55 bits per heavy atom. The van der Waals surface area contributed by atoms with E-state index in [0.29, 0.717) is 5.92 Å². The first-order valence-electron chi connectivity index (χ1n) is 8.44. The molecule has 2 heteroatoms. The van der Waals surface area contributed by atoms with E-state index >= 15 is 0 Å². The van der Waals surface area contributed by atoms with Crippen LogP contribution in [-0.2, 0) is 11.0 Å². The first-order valence-corrected chi connectivity index (χ1v) is 8.44. The van der Waals surface area contributed by atoms with Gasteiger partial charge in [-0.1, -0.05) is 73.6 Å². The van der Waals surface area contributed by atoms with E-state index in [1.54, 1.807) is 0 Å². The van der Waals surface area contributed by atoms with Crippen molar-refractivity contribution in [1.82, 2.24) is 0 Å². The Bertz CT molecular complexity index is 569. The first-order chi connectivity index (χ1) is 9.89. The van der Waals surface area contributed by atoms with Crippen LogP contribution in [0.5, 0.6) is 0 Å². The molecule has 1 aromatic carbocycles. The van der Waals surface area contributed by atoms with Gasteiger partial charge in [-0.15, -0.1) is 0 Å². The molecular formula is C20H32O2. The molecule has 0 saturated carbocycles. The van der Waals surface area contributed by atoms with Crippen LogP contribution >= 0.6 is 0 Å². The Morgan fingerprint density at radius 1 is 1.00 bits per heavy atom. The summed E-state index contributed by atoms with van der Waals surface area (Å²) in [5, 5.41) is 22.3. The molecule has 0 heterocycles. The van der Waals surface area contributed by atoms with Gasteiger partial charge in [0.1, 0.15) is 5.60 Å². The van der Waals surface area contributed by atoms with Crippen LogP contribution in [0.3, 0.4) is 0 Å². The van der Waals surface area contributed by atoms with Crippen molar-refractivity contribution in [3.8, 4) is 0 Å². The standard InChI is InChI=1S/C20H32O2/c1-12(2)14-9-10-15-16(11-14)18(5,6)20(15,22)19(7,8)17(21)13(3)4/h9-13,17,21-22H,1-8H3/t17-,20-/m1/s1. The third-order valence-corrected chi connectivity index (χ3v) is 5.98. The fourth-order valence-corrected chi connectivity index (χ4v) is 4.42. The molecule has 2 rings (SSSR count). The summed E-state index contributed by atoms with van der Waals surface area (Å²) in [6, 6.07) is 6.40. The Labute approximate surface area is 135 Å². The Balaban J connectivity index is 2.57. The van der Waals surface area contributed by atoms with Gasteiger partial charge in [0.25, 0.3) is 0 Å². The number of aliphatic hydroxyl groups excluding tert-OH is 1. The molecule has 124 valence electrons. The SMILES string of the molecule is CC(C)c1ccc2c(c1)C(C)(C)[C@@]2(O)C(C)(C)[C@H](O)C(C)C. The first kappa shape index (κ1) is 17.5. The summed E-state index contributed by atoms with van der Waals surface area (Å²) < 4.78 is 0. The van der Waals surface area contributed by atoms with Crippen molar-refractivity contribution in [2.75, 3.05) is 0 Å². The minimum atomic E-state index is -1.02. The van der Waals surface area contributed by atoms with Gasteiger partial charge in [-0.2, -0.15) is 0 Å². The Kier molecular flexibility index (Phi) is 4.03. The van der Waals surface area contributed by atoms with Gasteiger partial charge < -0.3 is 10.2 Å². The number of aliphatic hydroxyl groups is 2. The van der Waals surface area contributed by atoms with E-state index in [-0.39, 0.29) is 11.3 Å². The minimum absolute atomic E-state index is 0.105. The molecule has 1 aliphatic rings. The Morgan fingerprint density at radius 3 is 2.00 bits per heavy atom. The van der Waals surface area contributed by atoms with Gasteiger partial charge in [-0.05, 0) is 28.5 Å². The largest absolute Gasteiger partial charge is 0.392 e. The minimum Gasteiger partial charge on any atom is -0.392 e. The summed E-state index contributed by atoms with van der Waals surface area (Å²) in [4.78, 5) is 0. The lowest BCUT2D eigenvalue weighted by atomic mass is 9.45. The molecule has 0 amide bonds. The van der Waals surface area contributed by atoms with Crippen LogP contribution in [-0.4, -0.2) is 16.3 Å². The highest BCUT2D eigenvalue weighted by Gasteiger charge is 2.66. The molecule has 1 aliphatic carbocycles. The van der Waals surface area contributed by atoms with Crippen molar-refractivity contribution < 1.29 is 10.2 Å². The average Bonchev–Trinajstić information content (AvgIpc) is 2.44. The number of benzene rings is 1. The summed E-state index contributed by atoms with van der Waals surface area (Å²) >= 11 is 0. The van der Waals surface area contributed by atoms with E-state index in [4.69, 9.17) is 0 Å². The summed E-state index contributed by atoms with van der Waals surface area (Å²) in [5.41, 5.74) is 1.49. The monoisotopic (exact) mass is 304 g/mol. The van der Waals surface area contributed by atoms with Gasteiger partial charge in [0.05, 0.1) is 6.10 Å². The van der Waals surface area contributed by atoms with Gasteiger partial charge in [0, 0.05) is 10.8 Å². The molecule has 0 bridgehead atoms. The van der Waals surface area contributed by atoms with Crippen molar-refractivity contribution in [3.05, 3.63) is 34.9 Å². The van der Waals surface area contributed by atoms with Gasteiger partial charge in [-0.3, -0.25) is 0 Å². The van der Waals surface area contributed by atoms with Crippen molar-refractivity contribution in [3.63, 3.8) is 0 Å². The van der Waals surface area contributed by atoms with Crippen LogP contribution in [0.1, 0.15) is 78.0 Å². The topological polar surface area (TPSA) is 40.5 Å². The maximum Gasteiger partial charge on any atom is 0.107 e. The van der Waals surface area contributed by atoms with Gasteiger partial charge in [0.2, 0.25) is 0 Å². The second kappa shape index (κ2) is 5.07. The van der Waals surface area contributed by atoms with E-state index in [9.17, 15) is 10.2 Å². The zero-order valence-electron chi connectivity index (χ0n) is 15.4. The maximum absolute atomic E-state index is 11.6. The van der Waals surface area contributed by atoms with E-state index in [2.05, 4.69) is 45.9 Å². The lowest BCUT2D eigenvalue weighted by Crippen LogP contribution is -2.66. The second-order valence-electron chi connectivity index (χ2n) is 8.71. The average molecular weight is 304 g/mol. The van der Waals surface area contributed by atoms with Crippen LogP contribution in [0.25, 0.3) is 0 Å². The zero-order valence-corrected chi connectivity index (χ0v) is 15.4. The highest BCUT2D eigenvalue weighted by Crippen LogP contribution is 2.63. The number of hydrogen-bond donors (Lipinski definition) is 2. The maximum atomic E-state index is 11.6. The zero-order chi connectivity index (χ0) is 17.1. The summed E-state index contributed by atoms with van der Waals surface area (Å²) in [5.74, 6) is 0.581. The quantitative estimate of drug-likeness (QED) is 0.869. The number of rotatable bonds is 4. The van der Waals surface area contributed by atoms with E-state index in [0.717, 1.165) is 5.56 Å². The molecule has 0 fully saturated rings. The summed E-state index contributed by atoms with van der Waals surface area (Å²) in [6.45, 7) is 16.5. The molecule has 0 saturated heterocycles. The molecule has 22 heavy (non-hydrogen) atoms. The fourth-order valence-electron chi connectivity index (χ4n) is 4.42. The van der Waals surface area contributed by atoms with Crippen molar-refractivity contribution in [2.24, 2.45) is 11.3 Å². The smallest absolute Gasteiger partial charge is 0.107 e. The van der Waals surface area contributed by atoms with Crippen LogP contribution in [0.15, 0.2) is 18.2 Å². The predicted molar refractivity (Wildman–Crippen MR) is 92.1 cm³/mol. The van der Waals surface area contributed by atoms with Crippen LogP contribution in [0.2, 0.25) is 0 Å². The summed E-state index contributed by atoms with van der Waals surface area (Å²) in [6.07, 6.45) is -0.560. The molecule has 0 aliphatic heterocycles. The fraction of sp³-hybridized carbons (Fsp3) is 0.700. The normalized spacial score (nSPS) is 25.1. The van der Waals surface area contributed by atoms with E-state index in [1.165, 1.54) is 11.1 Å². The highest BCUT2D eigenvalue weighted by atomic mass is 16.3. The Hall–Kier alpha value is -0.860. The molecule has 1 aromatic rings.